The third kappa shape index (κ3) is 3.37. The highest BCUT2D eigenvalue weighted by Gasteiger charge is 2.19. The van der Waals surface area contributed by atoms with Crippen molar-refractivity contribution in [3.05, 3.63) is 12.8 Å². The van der Waals surface area contributed by atoms with Crippen molar-refractivity contribution in [1.29, 1.82) is 0 Å². The largest absolute Gasteiger partial charge is 0.493 e. The minimum atomic E-state index is -2.64. The predicted octanol–water partition coefficient (Wildman–Crippen LogP) is 2.14. The van der Waals surface area contributed by atoms with Gasteiger partial charge in [0.2, 0.25) is 0 Å². The van der Waals surface area contributed by atoms with E-state index in [0.717, 1.165) is 6.26 Å². The van der Waals surface area contributed by atoms with E-state index in [2.05, 4.69) is 11.3 Å². The zero-order valence-corrected chi connectivity index (χ0v) is 5.40. The van der Waals surface area contributed by atoms with Crippen LogP contribution in [0.25, 0.3) is 0 Å². The van der Waals surface area contributed by atoms with Crippen LogP contribution in [0.5, 0.6) is 0 Å². The van der Waals surface area contributed by atoms with Crippen LogP contribution in [0.15, 0.2) is 12.8 Å². The fourth-order valence-corrected chi connectivity index (χ4v) is 0.485. The topological polar surface area (TPSA) is 9.23 Å². The third-order valence-corrected chi connectivity index (χ3v) is 0.946. The average Bonchev–Trinajstić information content (AvgIpc) is 1.87. The van der Waals surface area contributed by atoms with Crippen molar-refractivity contribution < 1.29 is 17.9 Å². The minimum Gasteiger partial charge on any atom is -0.493 e. The van der Waals surface area contributed by atoms with E-state index in [0.29, 0.717) is 0 Å². The molecule has 0 aromatic carbocycles. The van der Waals surface area contributed by atoms with E-state index in [9.17, 15) is 13.2 Å². The first-order chi connectivity index (χ1) is 4.72. The van der Waals surface area contributed by atoms with Gasteiger partial charge in [0, 0.05) is 6.42 Å². The van der Waals surface area contributed by atoms with Crippen LogP contribution in [0.1, 0.15) is 6.42 Å². The molecule has 10 heavy (non-hydrogen) atoms. The Bertz CT molecular complexity index is 95.0. The molecule has 4 heteroatoms. The van der Waals surface area contributed by atoms with Gasteiger partial charge in [0.25, 0.3) is 6.43 Å². The van der Waals surface area contributed by atoms with E-state index in [1.165, 1.54) is 0 Å². The normalized spacial score (nSPS) is 13.2. The standard InChI is InChI=1S/C6H9F3O/c1-2-10-5(3-4-7)6(8)9/h2,5-6H,1,3-4H2. The highest BCUT2D eigenvalue weighted by molar-refractivity contribution is 4.64. The molecule has 60 valence electrons. The molecule has 1 nitrogen and oxygen atoms in total. The molecule has 0 bridgehead atoms. The molecule has 0 N–H and O–H groups in total. The monoisotopic (exact) mass is 154 g/mol. The lowest BCUT2D eigenvalue weighted by Crippen LogP contribution is -2.20. The maximum atomic E-state index is 11.7. The van der Waals surface area contributed by atoms with Gasteiger partial charge in [-0.25, -0.2) is 8.78 Å². The zero-order chi connectivity index (χ0) is 7.98. The fourth-order valence-electron chi connectivity index (χ4n) is 0.485. The van der Waals surface area contributed by atoms with Crippen LogP contribution >= 0.6 is 0 Å². The molecule has 0 saturated heterocycles. The van der Waals surface area contributed by atoms with E-state index in [4.69, 9.17) is 0 Å². The van der Waals surface area contributed by atoms with Crippen molar-refractivity contribution in [2.24, 2.45) is 0 Å². The maximum Gasteiger partial charge on any atom is 0.274 e. The summed E-state index contributed by atoms with van der Waals surface area (Å²) in [6, 6.07) is 0. The smallest absolute Gasteiger partial charge is 0.274 e. The Hall–Kier alpha value is -0.670. The number of hydrogen-bond acceptors (Lipinski definition) is 1. The van der Waals surface area contributed by atoms with Crippen molar-refractivity contribution in [2.45, 2.75) is 19.0 Å². The van der Waals surface area contributed by atoms with Gasteiger partial charge >= 0.3 is 0 Å². The number of halogens is 3. The number of alkyl halides is 3. The number of hydrogen-bond donors (Lipinski definition) is 0. The summed E-state index contributed by atoms with van der Waals surface area (Å²) in [7, 11) is 0. The third-order valence-electron chi connectivity index (χ3n) is 0.946. The zero-order valence-electron chi connectivity index (χ0n) is 5.40. The van der Waals surface area contributed by atoms with Crippen LogP contribution in [0.4, 0.5) is 13.2 Å². The maximum absolute atomic E-state index is 11.7. The molecular weight excluding hydrogens is 145 g/mol. The second kappa shape index (κ2) is 5.14. The molecule has 0 aromatic heterocycles. The molecule has 0 amide bonds. The van der Waals surface area contributed by atoms with Crippen molar-refractivity contribution in [2.75, 3.05) is 6.67 Å². The van der Waals surface area contributed by atoms with Gasteiger partial charge in [0.05, 0.1) is 12.9 Å². The summed E-state index contributed by atoms with van der Waals surface area (Å²) < 4.78 is 39.3. The molecule has 0 aliphatic rings. The molecule has 1 atom stereocenters. The average molecular weight is 154 g/mol. The molecule has 0 fully saturated rings. The van der Waals surface area contributed by atoms with Gasteiger partial charge in [-0.05, 0) is 0 Å². The van der Waals surface area contributed by atoms with Gasteiger partial charge in [-0.2, -0.15) is 0 Å². The highest BCUT2D eigenvalue weighted by atomic mass is 19.3. The Kier molecular flexibility index (Phi) is 4.80. The summed E-state index contributed by atoms with van der Waals surface area (Å²) in [6.07, 6.45) is -3.38. The van der Waals surface area contributed by atoms with E-state index >= 15 is 0 Å². The van der Waals surface area contributed by atoms with Crippen LogP contribution in [-0.2, 0) is 4.74 Å². The molecule has 0 radical (unpaired) electrons. The molecule has 1 unspecified atom stereocenters. The van der Waals surface area contributed by atoms with E-state index in [1.54, 1.807) is 0 Å². The summed E-state index contributed by atoms with van der Waals surface area (Å²) in [5.74, 6) is 0. The first-order valence-corrected chi connectivity index (χ1v) is 2.82. The van der Waals surface area contributed by atoms with Gasteiger partial charge in [-0.1, -0.05) is 6.58 Å². The van der Waals surface area contributed by atoms with Crippen LogP contribution in [0, 0.1) is 0 Å². The first kappa shape index (κ1) is 9.33. The Balaban J connectivity index is 3.60. The predicted molar refractivity (Wildman–Crippen MR) is 31.7 cm³/mol. The Morgan fingerprint density at radius 3 is 2.40 bits per heavy atom. The summed E-state index contributed by atoms with van der Waals surface area (Å²) in [4.78, 5) is 0. The Labute approximate surface area is 57.5 Å². The highest BCUT2D eigenvalue weighted by Crippen LogP contribution is 2.09. The minimum absolute atomic E-state index is 0.288. The van der Waals surface area contributed by atoms with Crippen molar-refractivity contribution in [3.63, 3.8) is 0 Å². The molecule has 0 spiro atoms. The molecule has 0 saturated carbocycles. The lowest BCUT2D eigenvalue weighted by atomic mass is 10.3. The second-order valence-corrected chi connectivity index (χ2v) is 1.65. The molecule has 0 rings (SSSR count). The van der Waals surface area contributed by atoms with Gasteiger partial charge < -0.3 is 4.74 Å². The van der Waals surface area contributed by atoms with Gasteiger partial charge in [-0.3, -0.25) is 4.39 Å². The first-order valence-electron chi connectivity index (χ1n) is 2.82. The number of rotatable bonds is 5. The quantitative estimate of drug-likeness (QED) is 0.551. The molecule has 0 aliphatic carbocycles. The fraction of sp³-hybridized carbons (Fsp3) is 0.667. The molecule has 0 aromatic rings. The van der Waals surface area contributed by atoms with Gasteiger partial charge in [0.15, 0.2) is 6.10 Å². The van der Waals surface area contributed by atoms with Crippen molar-refractivity contribution >= 4 is 0 Å². The summed E-state index contributed by atoms with van der Waals surface area (Å²) in [6.45, 7) is 2.28. The van der Waals surface area contributed by atoms with Crippen molar-refractivity contribution in [1.82, 2.24) is 0 Å². The van der Waals surface area contributed by atoms with E-state index in [-0.39, 0.29) is 6.42 Å². The Morgan fingerprint density at radius 2 is 2.10 bits per heavy atom. The lowest BCUT2D eigenvalue weighted by Gasteiger charge is -2.12. The van der Waals surface area contributed by atoms with Gasteiger partial charge in [0.1, 0.15) is 0 Å². The molecule has 0 aliphatic heterocycles. The van der Waals surface area contributed by atoms with Crippen molar-refractivity contribution in [3.8, 4) is 0 Å². The number of ether oxygens (including phenoxy) is 1. The molecule has 0 heterocycles. The van der Waals surface area contributed by atoms with Crippen LogP contribution in [0.3, 0.4) is 0 Å². The van der Waals surface area contributed by atoms with Gasteiger partial charge in [-0.15, -0.1) is 0 Å². The van der Waals surface area contributed by atoms with Crippen LogP contribution < -0.4 is 0 Å². The molecular formula is C6H9F3O. The summed E-state index contributed by atoms with van der Waals surface area (Å²) in [5.41, 5.74) is 0. The lowest BCUT2D eigenvalue weighted by molar-refractivity contribution is -0.0205. The Morgan fingerprint density at radius 1 is 1.50 bits per heavy atom. The SMILES string of the molecule is C=COC(CCF)C(F)F. The second-order valence-electron chi connectivity index (χ2n) is 1.65. The summed E-state index contributed by atoms with van der Waals surface area (Å²) >= 11 is 0. The van der Waals surface area contributed by atoms with Crippen LogP contribution in [-0.4, -0.2) is 19.2 Å². The summed E-state index contributed by atoms with van der Waals surface area (Å²) in [5, 5.41) is 0. The van der Waals surface area contributed by atoms with E-state index in [1.807, 2.05) is 0 Å². The van der Waals surface area contributed by atoms with E-state index < -0.39 is 19.2 Å². The van der Waals surface area contributed by atoms with Crippen LogP contribution in [0.2, 0.25) is 0 Å².